The molecule has 1 unspecified atom stereocenters. The van der Waals surface area contributed by atoms with Crippen molar-refractivity contribution in [3.63, 3.8) is 0 Å². The second kappa shape index (κ2) is 9.49. The van der Waals surface area contributed by atoms with Crippen LogP contribution in [0.5, 0.6) is 0 Å². The molecule has 2 saturated heterocycles. The molecule has 0 aromatic carbocycles. The first kappa shape index (κ1) is 24.1. The molecule has 2 aromatic rings. The summed E-state index contributed by atoms with van der Waals surface area (Å²) in [6, 6.07) is 0. The number of nitrogens with zero attached hydrogens (tertiary/aromatic N) is 4. The van der Waals surface area contributed by atoms with Crippen LogP contribution in [0.1, 0.15) is 26.0 Å². The molecule has 2 fully saturated rings. The number of carbonyl (C=O) groups is 1. The Hall–Kier alpha value is -0.600. The van der Waals surface area contributed by atoms with Gasteiger partial charge in [0.1, 0.15) is 24.6 Å². The Kier molecular flexibility index (Phi) is 7.61. The average molecular weight is 467 g/mol. The van der Waals surface area contributed by atoms with Crippen LogP contribution in [0, 0.1) is 0 Å². The number of nitrogens with one attached hydrogen (secondary N) is 1. The van der Waals surface area contributed by atoms with Crippen LogP contribution in [0.4, 0.5) is 5.82 Å². The predicted octanol–water partition coefficient (Wildman–Crippen LogP) is -2.57. The molecule has 30 heavy (non-hydrogen) atoms. The molecule has 2 aromatic heterocycles. The van der Waals surface area contributed by atoms with Crippen molar-refractivity contribution in [1.29, 1.82) is 0 Å². The largest absolute Gasteiger partial charge is 1.00 e. The Balaban J connectivity index is 0.00000256. The van der Waals surface area contributed by atoms with Gasteiger partial charge in [-0.25, -0.2) is 15.0 Å². The van der Waals surface area contributed by atoms with Crippen molar-refractivity contribution in [2.45, 2.75) is 49.5 Å². The van der Waals surface area contributed by atoms with Gasteiger partial charge in [-0.05, 0) is 12.7 Å². The zero-order valence-electron chi connectivity index (χ0n) is 16.5. The number of amides is 1. The number of thioether (sulfide) groups is 1. The number of carbonyl (C=O) groups excluding carboxylic acids is 1. The minimum absolute atomic E-state index is 0. The topological polar surface area (TPSA) is 161 Å². The number of aliphatic hydroxyl groups is 1. The number of phosphoric ester groups is 1. The first-order chi connectivity index (χ1) is 13.8. The SMILES string of the molecule is CCCC(=O)Nc1ncnc2c1nc(SC)n2[C@@H]1O[C@@H]2COP(=O)([O-])O[C@H]2[C@H]1O.[Na+]. The molecule has 15 heteroatoms. The quantitative estimate of drug-likeness (QED) is 0.270. The van der Waals surface area contributed by atoms with E-state index in [1.54, 1.807) is 10.8 Å². The van der Waals surface area contributed by atoms with Crippen LogP contribution < -0.4 is 39.8 Å². The van der Waals surface area contributed by atoms with Crippen molar-refractivity contribution in [2.75, 3.05) is 18.2 Å². The number of imidazole rings is 1. The summed E-state index contributed by atoms with van der Waals surface area (Å²) < 4.78 is 28.5. The van der Waals surface area contributed by atoms with E-state index in [1.165, 1.54) is 18.1 Å². The summed E-state index contributed by atoms with van der Waals surface area (Å²) in [5.41, 5.74) is 0.656. The Labute approximate surface area is 198 Å². The van der Waals surface area contributed by atoms with E-state index in [4.69, 9.17) is 9.26 Å². The van der Waals surface area contributed by atoms with E-state index in [9.17, 15) is 19.4 Å². The van der Waals surface area contributed by atoms with Gasteiger partial charge in [-0.3, -0.25) is 13.9 Å². The molecular weight excluding hydrogens is 448 g/mol. The summed E-state index contributed by atoms with van der Waals surface area (Å²) in [4.78, 5) is 36.4. The number of fused-ring (bicyclic) bond motifs is 2. The second-order valence-electron chi connectivity index (χ2n) is 6.53. The summed E-state index contributed by atoms with van der Waals surface area (Å²) >= 11 is 1.27. The van der Waals surface area contributed by atoms with Gasteiger partial charge < -0.3 is 29.1 Å². The molecule has 0 spiro atoms. The molecule has 2 N–H and O–H groups in total. The number of rotatable bonds is 5. The molecule has 2 aliphatic rings. The average Bonchev–Trinajstić information content (AvgIpc) is 3.19. The van der Waals surface area contributed by atoms with Crippen molar-refractivity contribution in [3.05, 3.63) is 6.33 Å². The van der Waals surface area contributed by atoms with Crippen LogP contribution in [0.15, 0.2) is 11.5 Å². The molecular formula is C15H19N5NaO7PS. The van der Waals surface area contributed by atoms with E-state index in [0.717, 1.165) is 0 Å². The van der Waals surface area contributed by atoms with Crippen molar-refractivity contribution >= 4 is 42.5 Å². The molecule has 0 radical (unpaired) electrons. The van der Waals surface area contributed by atoms with Gasteiger partial charge in [-0.2, -0.15) is 0 Å². The second-order valence-corrected chi connectivity index (χ2v) is 8.67. The fourth-order valence-corrected chi connectivity index (χ4v) is 4.84. The number of anilines is 1. The summed E-state index contributed by atoms with van der Waals surface area (Å²) in [6.07, 6.45) is -0.121. The third-order valence-electron chi connectivity index (χ3n) is 4.57. The van der Waals surface area contributed by atoms with Crippen LogP contribution in [0.3, 0.4) is 0 Å². The zero-order chi connectivity index (χ0) is 20.8. The number of aromatic nitrogens is 4. The molecule has 1 amide bonds. The maximum absolute atomic E-state index is 12.0. The maximum Gasteiger partial charge on any atom is 1.00 e. The molecule has 0 aliphatic carbocycles. The van der Waals surface area contributed by atoms with E-state index >= 15 is 0 Å². The minimum Gasteiger partial charge on any atom is -0.756 e. The standard InChI is InChI=1S/C15H20N5O7PS.Na/c1-3-4-8(21)18-12-9-13(17-6-16-12)20(15(19-9)29-2)14-10(22)11-7(26-14)5-25-28(23,24)27-11;/h6-7,10-11,14,22H,3-5H2,1-2H3,(H,23,24)(H,16,17,18,21);/q;+1/p-1/t7-,10-,11-,14-;/m1./s1. The van der Waals surface area contributed by atoms with Gasteiger partial charge in [-0.15, -0.1) is 0 Å². The van der Waals surface area contributed by atoms with Crippen LogP contribution >= 0.6 is 19.6 Å². The molecule has 4 rings (SSSR count). The van der Waals surface area contributed by atoms with E-state index < -0.39 is 32.4 Å². The van der Waals surface area contributed by atoms with Crippen molar-refractivity contribution in [1.82, 2.24) is 19.5 Å². The van der Waals surface area contributed by atoms with Crippen LogP contribution in [0.2, 0.25) is 0 Å². The van der Waals surface area contributed by atoms with Gasteiger partial charge in [0, 0.05) is 6.42 Å². The van der Waals surface area contributed by atoms with E-state index in [0.29, 0.717) is 29.2 Å². The third-order valence-corrected chi connectivity index (χ3v) is 6.19. The van der Waals surface area contributed by atoms with Crippen molar-refractivity contribution in [2.24, 2.45) is 0 Å². The van der Waals surface area contributed by atoms with E-state index in [1.807, 2.05) is 6.92 Å². The van der Waals surface area contributed by atoms with Crippen molar-refractivity contribution < 1.29 is 62.7 Å². The van der Waals surface area contributed by atoms with Gasteiger partial charge in [0.05, 0.1) is 6.61 Å². The fourth-order valence-electron chi connectivity index (χ4n) is 3.32. The van der Waals surface area contributed by atoms with E-state index in [2.05, 4.69) is 24.8 Å². The molecule has 2 aliphatic heterocycles. The Morgan fingerprint density at radius 2 is 2.27 bits per heavy atom. The van der Waals surface area contributed by atoms with Gasteiger partial charge in [-0.1, -0.05) is 18.7 Å². The summed E-state index contributed by atoms with van der Waals surface area (Å²) in [6.45, 7) is 1.63. The Morgan fingerprint density at radius 1 is 1.50 bits per heavy atom. The summed E-state index contributed by atoms with van der Waals surface area (Å²) in [5, 5.41) is 13.9. The molecule has 158 valence electrons. The molecule has 0 bridgehead atoms. The van der Waals surface area contributed by atoms with Crippen LogP contribution in [0.25, 0.3) is 11.2 Å². The smallest absolute Gasteiger partial charge is 0.756 e. The molecule has 5 atom stereocenters. The number of hydrogen-bond acceptors (Lipinski definition) is 11. The first-order valence-corrected chi connectivity index (χ1v) is 11.6. The number of aliphatic hydroxyl groups excluding tert-OH is 1. The summed E-state index contributed by atoms with van der Waals surface area (Å²) in [5.74, 6) is 0.0451. The Bertz CT molecular complexity index is 994. The van der Waals surface area contributed by atoms with Gasteiger partial charge >= 0.3 is 29.6 Å². The maximum atomic E-state index is 12.0. The molecule has 0 saturated carbocycles. The third kappa shape index (κ3) is 4.46. The molecule has 12 nitrogen and oxygen atoms in total. The van der Waals surface area contributed by atoms with Crippen LogP contribution in [-0.4, -0.2) is 61.7 Å². The van der Waals surface area contributed by atoms with E-state index in [-0.39, 0.29) is 47.9 Å². The van der Waals surface area contributed by atoms with Crippen molar-refractivity contribution in [3.8, 4) is 0 Å². The molecule has 4 heterocycles. The first-order valence-electron chi connectivity index (χ1n) is 8.89. The Morgan fingerprint density at radius 3 is 2.97 bits per heavy atom. The minimum atomic E-state index is -4.49. The zero-order valence-corrected chi connectivity index (χ0v) is 20.3. The fraction of sp³-hybridized carbons (Fsp3) is 0.600. The summed E-state index contributed by atoms with van der Waals surface area (Å²) in [7, 11) is -4.49. The normalized spacial score (nSPS) is 30.7. The number of ether oxygens (including phenoxy) is 1. The van der Waals surface area contributed by atoms with Gasteiger partial charge in [0.25, 0.3) is 7.82 Å². The van der Waals surface area contributed by atoms with Crippen LogP contribution in [-0.2, 0) is 23.1 Å². The van der Waals surface area contributed by atoms with Gasteiger partial charge in [0.15, 0.2) is 28.4 Å². The monoisotopic (exact) mass is 467 g/mol. The number of phosphoric acid groups is 1. The predicted molar refractivity (Wildman–Crippen MR) is 99.0 cm³/mol. The number of hydrogen-bond donors (Lipinski definition) is 2. The van der Waals surface area contributed by atoms with Gasteiger partial charge in [0.2, 0.25) is 5.91 Å².